The lowest BCUT2D eigenvalue weighted by atomic mass is 10.0. The standard InChI is InChI=1S/C20H21N3O/c1-4-14(3)22-23-20(24)19-18(15-8-6-5-7-9-15)16-12-13(2)10-11-17(16)21-19/h5-12,21H,4H2,1-3H3,(H,23,24). The third kappa shape index (κ3) is 3.08. The van der Waals surface area contributed by atoms with E-state index in [1.54, 1.807) is 0 Å². The molecule has 0 radical (unpaired) electrons. The molecule has 122 valence electrons. The van der Waals surface area contributed by atoms with Gasteiger partial charge >= 0.3 is 0 Å². The van der Waals surface area contributed by atoms with Gasteiger partial charge in [0.25, 0.3) is 5.91 Å². The highest BCUT2D eigenvalue weighted by atomic mass is 16.2. The molecule has 1 aromatic heterocycles. The second-order valence-electron chi connectivity index (χ2n) is 5.93. The van der Waals surface area contributed by atoms with Gasteiger partial charge in [0.1, 0.15) is 5.69 Å². The maximum absolute atomic E-state index is 12.7. The molecule has 4 heteroatoms. The predicted molar refractivity (Wildman–Crippen MR) is 99.3 cm³/mol. The number of hydrogen-bond acceptors (Lipinski definition) is 2. The summed E-state index contributed by atoms with van der Waals surface area (Å²) in [7, 11) is 0. The summed E-state index contributed by atoms with van der Waals surface area (Å²) in [5.41, 5.74) is 8.10. The highest BCUT2D eigenvalue weighted by Gasteiger charge is 2.19. The van der Waals surface area contributed by atoms with Gasteiger partial charge in [-0.15, -0.1) is 0 Å². The molecule has 0 aliphatic carbocycles. The highest BCUT2D eigenvalue weighted by molar-refractivity contribution is 6.10. The number of H-pyrrole nitrogens is 1. The predicted octanol–water partition coefficient (Wildman–Crippen LogP) is 4.66. The molecule has 1 amide bonds. The summed E-state index contributed by atoms with van der Waals surface area (Å²) in [6, 6.07) is 16.1. The van der Waals surface area contributed by atoms with Crippen LogP contribution in [0, 0.1) is 6.92 Å². The number of fused-ring (bicyclic) bond motifs is 1. The summed E-state index contributed by atoms with van der Waals surface area (Å²) in [5, 5.41) is 5.18. The molecule has 0 aliphatic heterocycles. The molecular weight excluding hydrogens is 298 g/mol. The Hall–Kier alpha value is -2.88. The molecule has 1 heterocycles. The van der Waals surface area contributed by atoms with E-state index < -0.39 is 0 Å². The van der Waals surface area contributed by atoms with Gasteiger partial charge in [-0.25, -0.2) is 5.43 Å². The number of amides is 1. The maximum atomic E-state index is 12.7. The summed E-state index contributed by atoms with van der Waals surface area (Å²) >= 11 is 0. The first-order valence-electron chi connectivity index (χ1n) is 8.11. The molecule has 0 spiro atoms. The van der Waals surface area contributed by atoms with Crippen LogP contribution in [0.25, 0.3) is 22.0 Å². The van der Waals surface area contributed by atoms with Crippen LogP contribution in [0.2, 0.25) is 0 Å². The van der Waals surface area contributed by atoms with Crippen molar-refractivity contribution in [2.24, 2.45) is 5.10 Å². The molecule has 3 rings (SSSR count). The summed E-state index contributed by atoms with van der Waals surface area (Å²) < 4.78 is 0. The second-order valence-corrected chi connectivity index (χ2v) is 5.93. The van der Waals surface area contributed by atoms with E-state index in [0.717, 1.165) is 39.7 Å². The summed E-state index contributed by atoms with van der Waals surface area (Å²) in [4.78, 5) is 15.9. The molecule has 4 nitrogen and oxygen atoms in total. The lowest BCUT2D eigenvalue weighted by Gasteiger charge is -2.05. The van der Waals surface area contributed by atoms with E-state index in [4.69, 9.17) is 0 Å². The van der Waals surface area contributed by atoms with Crippen LogP contribution >= 0.6 is 0 Å². The first kappa shape index (κ1) is 16.0. The van der Waals surface area contributed by atoms with Crippen molar-refractivity contribution in [2.75, 3.05) is 0 Å². The highest BCUT2D eigenvalue weighted by Crippen LogP contribution is 2.33. The van der Waals surface area contributed by atoms with Gasteiger partial charge in [0.15, 0.2) is 0 Å². The van der Waals surface area contributed by atoms with Crippen molar-refractivity contribution in [3.63, 3.8) is 0 Å². The van der Waals surface area contributed by atoms with Crippen molar-refractivity contribution in [2.45, 2.75) is 27.2 Å². The zero-order valence-corrected chi connectivity index (χ0v) is 14.2. The molecule has 0 atom stereocenters. The van der Waals surface area contributed by atoms with Crippen LogP contribution in [-0.2, 0) is 0 Å². The quantitative estimate of drug-likeness (QED) is 0.533. The van der Waals surface area contributed by atoms with E-state index in [2.05, 4.69) is 28.5 Å². The topological polar surface area (TPSA) is 57.2 Å². The van der Waals surface area contributed by atoms with Gasteiger partial charge in [0, 0.05) is 22.2 Å². The fourth-order valence-corrected chi connectivity index (χ4v) is 2.66. The Kier molecular flexibility index (Phi) is 4.47. The van der Waals surface area contributed by atoms with E-state index in [0.29, 0.717) is 5.69 Å². The monoisotopic (exact) mass is 319 g/mol. The number of benzene rings is 2. The lowest BCUT2D eigenvalue weighted by Crippen LogP contribution is -2.20. The van der Waals surface area contributed by atoms with Crippen molar-refractivity contribution in [3.05, 3.63) is 59.8 Å². The van der Waals surface area contributed by atoms with E-state index in [1.807, 2.05) is 56.3 Å². The van der Waals surface area contributed by atoms with E-state index in [1.165, 1.54) is 0 Å². The number of nitrogens with one attached hydrogen (secondary N) is 2. The Morgan fingerprint density at radius 3 is 2.62 bits per heavy atom. The minimum Gasteiger partial charge on any atom is -0.350 e. The Morgan fingerprint density at radius 2 is 1.92 bits per heavy atom. The minimum atomic E-state index is -0.226. The van der Waals surface area contributed by atoms with Gasteiger partial charge in [-0.3, -0.25) is 4.79 Å². The van der Waals surface area contributed by atoms with Gasteiger partial charge in [0.2, 0.25) is 0 Å². The molecule has 0 fully saturated rings. The number of hydrazone groups is 1. The number of aryl methyl sites for hydroxylation is 1. The SMILES string of the molecule is CCC(C)=NNC(=O)c1[nH]c2ccc(C)cc2c1-c1ccccc1. The molecule has 24 heavy (non-hydrogen) atoms. The van der Waals surface area contributed by atoms with Crippen LogP contribution in [0.3, 0.4) is 0 Å². The Bertz CT molecular complexity index is 907. The van der Waals surface area contributed by atoms with E-state index >= 15 is 0 Å². The van der Waals surface area contributed by atoms with E-state index in [9.17, 15) is 4.79 Å². The van der Waals surface area contributed by atoms with Crippen molar-refractivity contribution in [3.8, 4) is 11.1 Å². The molecule has 2 N–H and O–H groups in total. The number of aromatic amines is 1. The summed E-state index contributed by atoms with van der Waals surface area (Å²) in [6.45, 7) is 5.95. The molecule has 3 aromatic rings. The molecule has 2 aromatic carbocycles. The minimum absolute atomic E-state index is 0.226. The van der Waals surface area contributed by atoms with Crippen LogP contribution in [0.5, 0.6) is 0 Å². The van der Waals surface area contributed by atoms with Crippen molar-refractivity contribution in [1.29, 1.82) is 0 Å². The van der Waals surface area contributed by atoms with Crippen molar-refractivity contribution in [1.82, 2.24) is 10.4 Å². The van der Waals surface area contributed by atoms with Gasteiger partial charge in [-0.05, 0) is 38.0 Å². The number of hydrogen-bond donors (Lipinski definition) is 2. The van der Waals surface area contributed by atoms with Gasteiger partial charge in [0.05, 0.1) is 0 Å². The number of rotatable bonds is 4. The smallest absolute Gasteiger partial charge is 0.288 e. The van der Waals surface area contributed by atoms with Crippen molar-refractivity contribution >= 4 is 22.5 Å². The number of nitrogens with zero attached hydrogens (tertiary/aromatic N) is 1. The molecule has 0 saturated carbocycles. The van der Waals surface area contributed by atoms with Crippen LogP contribution in [-0.4, -0.2) is 16.6 Å². The number of carbonyl (C=O) groups excluding carboxylic acids is 1. The van der Waals surface area contributed by atoms with Crippen LogP contribution < -0.4 is 5.43 Å². The first-order valence-corrected chi connectivity index (χ1v) is 8.11. The third-order valence-corrected chi connectivity index (χ3v) is 4.10. The Morgan fingerprint density at radius 1 is 1.17 bits per heavy atom. The second kappa shape index (κ2) is 6.71. The van der Waals surface area contributed by atoms with Crippen LogP contribution in [0.15, 0.2) is 53.6 Å². The largest absolute Gasteiger partial charge is 0.350 e. The molecule has 0 saturated heterocycles. The average molecular weight is 319 g/mol. The molecule has 0 unspecified atom stereocenters. The van der Waals surface area contributed by atoms with Gasteiger partial charge in [-0.2, -0.15) is 5.10 Å². The number of carbonyl (C=O) groups is 1. The fourth-order valence-electron chi connectivity index (χ4n) is 2.66. The third-order valence-electron chi connectivity index (χ3n) is 4.10. The van der Waals surface area contributed by atoms with Crippen molar-refractivity contribution < 1.29 is 4.79 Å². The van der Waals surface area contributed by atoms with Crippen LogP contribution in [0.1, 0.15) is 36.3 Å². The average Bonchev–Trinajstić information content (AvgIpc) is 2.98. The lowest BCUT2D eigenvalue weighted by molar-refractivity contribution is 0.0951. The molecule has 0 bridgehead atoms. The number of aromatic nitrogens is 1. The fraction of sp³-hybridized carbons (Fsp3) is 0.200. The van der Waals surface area contributed by atoms with Gasteiger partial charge < -0.3 is 4.98 Å². The zero-order valence-electron chi connectivity index (χ0n) is 14.2. The zero-order chi connectivity index (χ0) is 17.1. The van der Waals surface area contributed by atoms with E-state index in [-0.39, 0.29) is 5.91 Å². The maximum Gasteiger partial charge on any atom is 0.288 e. The molecular formula is C20H21N3O. The molecule has 0 aliphatic rings. The normalized spacial score (nSPS) is 11.7. The summed E-state index contributed by atoms with van der Waals surface area (Å²) in [5.74, 6) is -0.226. The first-order chi connectivity index (χ1) is 11.6. The van der Waals surface area contributed by atoms with Gasteiger partial charge in [-0.1, -0.05) is 48.9 Å². The summed E-state index contributed by atoms with van der Waals surface area (Å²) in [6.07, 6.45) is 0.803. The Balaban J connectivity index is 2.15. The van der Waals surface area contributed by atoms with Crippen LogP contribution in [0.4, 0.5) is 0 Å². The Labute approximate surface area is 141 Å².